The van der Waals surface area contributed by atoms with Crippen LogP contribution in [0.15, 0.2) is 30.5 Å². The monoisotopic (exact) mass is 438 g/mol. The van der Waals surface area contributed by atoms with E-state index in [1.165, 1.54) is 0 Å². The molecule has 0 bridgehead atoms. The highest BCUT2D eigenvalue weighted by molar-refractivity contribution is 5.96. The van der Waals surface area contributed by atoms with E-state index >= 15 is 0 Å². The molecule has 2 aliphatic heterocycles. The zero-order chi connectivity index (χ0) is 22.1. The molecule has 1 atom stereocenters. The van der Waals surface area contributed by atoms with Crippen molar-refractivity contribution in [2.75, 3.05) is 53.4 Å². The summed E-state index contributed by atoms with van der Waals surface area (Å²) < 4.78 is 6.00. The van der Waals surface area contributed by atoms with Gasteiger partial charge in [0.25, 0.3) is 5.91 Å². The Bertz CT molecular complexity index is 763. The normalized spacial score (nSPS) is 19.4. The Hall–Kier alpha value is -3.02. The lowest BCUT2D eigenvalue weighted by molar-refractivity contribution is -0.134. The maximum atomic E-state index is 12.3. The number of nitrogens with zero attached hydrogens (tertiary/aromatic N) is 4. The predicted octanol–water partition coefficient (Wildman–Crippen LogP) is -0.561. The smallest absolute Gasteiger partial charge is 0.328 e. The van der Waals surface area contributed by atoms with Crippen LogP contribution in [0.3, 0.4) is 0 Å². The molecule has 3 heterocycles. The van der Waals surface area contributed by atoms with Gasteiger partial charge in [0, 0.05) is 58.1 Å². The summed E-state index contributed by atoms with van der Waals surface area (Å²) in [5.41, 5.74) is 0.562. The molecule has 1 fully saturated rings. The van der Waals surface area contributed by atoms with Crippen molar-refractivity contribution in [2.24, 2.45) is 0 Å². The van der Waals surface area contributed by atoms with E-state index in [1.807, 2.05) is 7.05 Å². The minimum Gasteiger partial charge on any atom is -0.478 e. The third-order valence-electron chi connectivity index (χ3n) is 4.84. The van der Waals surface area contributed by atoms with Gasteiger partial charge in [-0.2, -0.15) is 0 Å². The Morgan fingerprint density at radius 2 is 1.77 bits per heavy atom. The van der Waals surface area contributed by atoms with E-state index in [0.29, 0.717) is 30.1 Å². The molecular weight excluding hydrogens is 408 g/mol. The third-order valence-corrected chi connectivity index (χ3v) is 4.84. The largest absolute Gasteiger partial charge is 0.478 e. The van der Waals surface area contributed by atoms with Crippen LogP contribution in [0, 0.1) is 0 Å². The number of piperazine rings is 1. The predicted molar refractivity (Wildman–Crippen MR) is 112 cm³/mol. The summed E-state index contributed by atoms with van der Waals surface area (Å²) in [5, 5.41) is 15.6. The Morgan fingerprint density at radius 3 is 2.35 bits per heavy atom. The van der Waals surface area contributed by atoms with Gasteiger partial charge in [0.15, 0.2) is 0 Å². The van der Waals surface area contributed by atoms with Crippen LogP contribution in [0.5, 0.6) is 5.88 Å². The first-order valence-electron chi connectivity index (χ1n) is 9.68. The fraction of sp³-hybridized carbons (Fsp3) is 0.500. The van der Waals surface area contributed by atoms with E-state index in [4.69, 9.17) is 14.9 Å². The summed E-state index contributed by atoms with van der Waals surface area (Å²) in [5.74, 6) is -2.05. The van der Waals surface area contributed by atoms with E-state index < -0.39 is 11.9 Å². The average molecular weight is 438 g/mol. The highest BCUT2D eigenvalue weighted by Crippen LogP contribution is 2.22. The van der Waals surface area contributed by atoms with Crippen LogP contribution >= 0.6 is 0 Å². The summed E-state index contributed by atoms with van der Waals surface area (Å²) >= 11 is 0. The molecule has 4 N–H and O–H groups in total. The lowest BCUT2D eigenvalue weighted by atomic mass is 10.2. The molecule has 172 valence electrons. The second-order valence-electron chi connectivity index (χ2n) is 7.23. The van der Waals surface area contributed by atoms with E-state index in [-0.39, 0.29) is 17.5 Å². The quantitative estimate of drug-likeness (QED) is 0.575. The van der Waals surface area contributed by atoms with E-state index in [1.54, 1.807) is 23.2 Å². The van der Waals surface area contributed by atoms with Gasteiger partial charge in [0.1, 0.15) is 11.7 Å². The summed E-state index contributed by atoms with van der Waals surface area (Å²) in [6, 6.07) is 3.56. The van der Waals surface area contributed by atoms with Gasteiger partial charge in [0.05, 0.1) is 6.54 Å². The summed E-state index contributed by atoms with van der Waals surface area (Å²) in [7, 11) is 3.99. The third kappa shape index (κ3) is 8.70. The molecule has 3 rings (SSSR count). The molecule has 0 aromatic carbocycles. The molecule has 0 saturated carbocycles. The van der Waals surface area contributed by atoms with Crippen LogP contribution in [0.4, 0.5) is 0 Å². The van der Waals surface area contributed by atoms with Crippen molar-refractivity contribution < 1.29 is 34.8 Å². The molecule has 1 unspecified atom stereocenters. The van der Waals surface area contributed by atoms with Gasteiger partial charge in [-0.1, -0.05) is 0 Å². The number of likely N-dealkylation sites (N-methyl/N-ethyl adjacent to an activating group) is 2. The molecule has 2 aliphatic rings. The van der Waals surface area contributed by atoms with Crippen LogP contribution in [-0.4, -0.2) is 113 Å². The number of amides is 1. The number of carboxylic acid groups (broad SMARTS) is 2. The van der Waals surface area contributed by atoms with Crippen LogP contribution in [0.1, 0.15) is 16.8 Å². The van der Waals surface area contributed by atoms with Crippen LogP contribution in [0.25, 0.3) is 0 Å². The number of carbonyl (C=O) groups is 3. The first-order chi connectivity index (χ1) is 14.3. The number of hydrogen-bond acceptors (Lipinski definition) is 7. The maximum Gasteiger partial charge on any atom is 0.328 e. The zero-order valence-electron chi connectivity index (χ0n) is 17.7. The van der Waals surface area contributed by atoms with Gasteiger partial charge in [-0.3, -0.25) is 4.79 Å². The first-order valence-corrected chi connectivity index (χ1v) is 9.68. The minimum absolute atomic E-state index is 0. The Morgan fingerprint density at radius 1 is 1.16 bits per heavy atom. The molecule has 1 saturated heterocycles. The first kappa shape index (κ1) is 26.0. The standard InChI is InChI=1S/C16H24N4O2.C4H4O4.H2O/c1-18-8-10-20(11-9-18)7-5-13-12-19(2)16(21)14-4-3-6-17-15(14)22-13;5-3(6)1-2-4(7)8;/h3-4,6,13H,5,7-12H2,1-2H3;1-2H,(H,5,6)(H,7,8);1H2/b;2-1+;. The van der Waals surface area contributed by atoms with Crippen molar-refractivity contribution in [3.8, 4) is 5.88 Å². The van der Waals surface area contributed by atoms with Crippen molar-refractivity contribution >= 4 is 17.8 Å². The van der Waals surface area contributed by atoms with Crippen molar-refractivity contribution in [2.45, 2.75) is 12.5 Å². The number of aromatic nitrogens is 1. The molecule has 1 aromatic rings. The highest BCUT2D eigenvalue weighted by Gasteiger charge is 2.27. The van der Waals surface area contributed by atoms with Crippen LogP contribution in [-0.2, 0) is 9.59 Å². The van der Waals surface area contributed by atoms with Gasteiger partial charge in [-0.05, 0) is 25.6 Å². The van der Waals surface area contributed by atoms with Gasteiger partial charge in [-0.25, -0.2) is 14.6 Å². The van der Waals surface area contributed by atoms with Gasteiger partial charge in [-0.15, -0.1) is 0 Å². The van der Waals surface area contributed by atoms with Gasteiger partial charge in [0.2, 0.25) is 5.88 Å². The molecule has 11 nitrogen and oxygen atoms in total. The number of fused-ring (bicyclic) bond motifs is 1. The van der Waals surface area contributed by atoms with Gasteiger partial charge < -0.3 is 35.1 Å². The molecule has 1 amide bonds. The SMILES string of the molecule is CN1CCN(CCC2CN(C)C(=O)c3cccnc3O2)CC1.O.O=C(O)/C=C/C(=O)O. The molecular formula is C20H30N4O7. The number of rotatable bonds is 5. The molecule has 11 heteroatoms. The summed E-state index contributed by atoms with van der Waals surface area (Å²) in [6.07, 6.45) is 3.71. The Labute approximate surface area is 180 Å². The Kier molecular flexibility index (Phi) is 10.6. The molecule has 1 aromatic heterocycles. The molecule has 0 spiro atoms. The van der Waals surface area contributed by atoms with Crippen LogP contribution < -0.4 is 4.74 Å². The topological polar surface area (TPSA) is 155 Å². The van der Waals surface area contributed by atoms with E-state index in [2.05, 4.69) is 21.8 Å². The van der Waals surface area contributed by atoms with Crippen molar-refractivity contribution in [3.05, 3.63) is 36.0 Å². The number of hydrogen-bond donors (Lipinski definition) is 2. The fourth-order valence-electron chi connectivity index (χ4n) is 3.13. The number of carboxylic acids is 2. The van der Waals surface area contributed by atoms with Crippen LogP contribution in [0.2, 0.25) is 0 Å². The number of ether oxygens (including phenoxy) is 1. The maximum absolute atomic E-state index is 12.3. The lowest BCUT2D eigenvalue weighted by Gasteiger charge is -2.33. The average Bonchev–Trinajstić information content (AvgIpc) is 2.83. The minimum atomic E-state index is -1.26. The van der Waals surface area contributed by atoms with E-state index in [0.717, 1.165) is 39.1 Å². The lowest BCUT2D eigenvalue weighted by Crippen LogP contribution is -2.46. The molecule has 0 aliphatic carbocycles. The molecule has 31 heavy (non-hydrogen) atoms. The summed E-state index contributed by atoms with van der Waals surface area (Å²) in [4.78, 5) is 42.2. The number of aliphatic carboxylic acids is 2. The Balaban J connectivity index is 0.000000461. The number of pyridine rings is 1. The van der Waals surface area contributed by atoms with Gasteiger partial charge >= 0.3 is 11.9 Å². The second-order valence-corrected chi connectivity index (χ2v) is 7.23. The fourth-order valence-corrected chi connectivity index (χ4v) is 3.13. The highest BCUT2D eigenvalue weighted by atomic mass is 16.5. The second kappa shape index (κ2) is 12.6. The van der Waals surface area contributed by atoms with Crippen molar-refractivity contribution in [3.63, 3.8) is 0 Å². The summed E-state index contributed by atoms with van der Waals surface area (Å²) in [6.45, 7) is 6.06. The van der Waals surface area contributed by atoms with Crippen molar-refractivity contribution in [1.82, 2.24) is 19.7 Å². The van der Waals surface area contributed by atoms with Crippen molar-refractivity contribution in [1.29, 1.82) is 0 Å². The zero-order valence-corrected chi connectivity index (χ0v) is 17.7. The van der Waals surface area contributed by atoms with E-state index in [9.17, 15) is 14.4 Å². The molecule has 0 radical (unpaired) electrons. The number of carbonyl (C=O) groups excluding carboxylic acids is 1.